The third-order valence-corrected chi connectivity index (χ3v) is 2.65. The number of esters is 1. The van der Waals surface area contributed by atoms with Gasteiger partial charge in [0.25, 0.3) is 0 Å². The molecule has 1 saturated carbocycles. The summed E-state index contributed by atoms with van der Waals surface area (Å²) in [6, 6.07) is 0. The van der Waals surface area contributed by atoms with Crippen molar-refractivity contribution in [1.82, 2.24) is 0 Å². The predicted octanol–water partition coefficient (Wildman–Crippen LogP) is 1.96. The van der Waals surface area contributed by atoms with Crippen LogP contribution in [0, 0.1) is 0 Å². The van der Waals surface area contributed by atoms with E-state index < -0.39 is 12.1 Å². The normalized spacial score (nSPS) is 22.3. The Labute approximate surface area is 90.4 Å². The highest BCUT2D eigenvalue weighted by Crippen LogP contribution is 2.21. The molecule has 0 aromatic carbocycles. The van der Waals surface area contributed by atoms with Crippen LogP contribution in [-0.2, 0) is 9.53 Å². The maximum absolute atomic E-state index is 10.9. The number of aliphatic hydroxyl groups excluding tert-OH is 1. The number of methoxy groups -OCH3 is 1. The van der Waals surface area contributed by atoms with Crippen LogP contribution < -0.4 is 0 Å². The van der Waals surface area contributed by atoms with E-state index in [4.69, 9.17) is 0 Å². The summed E-state index contributed by atoms with van der Waals surface area (Å²) in [5.41, 5.74) is 3.69. The zero-order chi connectivity index (χ0) is 11.1. The molecule has 0 saturated heterocycles. The maximum Gasteiger partial charge on any atom is 0.338 e. The van der Waals surface area contributed by atoms with Crippen molar-refractivity contribution in [2.24, 2.45) is 0 Å². The number of hydrogen-bond donors (Lipinski definition) is 1. The molecule has 0 radical (unpaired) electrons. The van der Waals surface area contributed by atoms with Gasteiger partial charge in [-0.15, -0.1) is 5.73 Å². The summed E-state index contributed by atoms with van der Waals surface area (Å²) in [4.78, 5) is 10.9. The maximum atomic E-state index is 10.9. The van der Waals surface area contributed by atoms with Gasteiger partial charge >= 0.3 is 5.97 Å². The van der Waals surface area contributed by atoms with Gasteiger partial charge in [0.15, 0.2) is 0 Å². The fourth-order valence-corrected chi connectivity index (χ4v) is 1.73. The van der Waals surface area contributed by atoms with Gasteiger partial charge in [0.05, 0.1) is 19.3 Å². The first-order valence-electron chi connectivity index (χ1n) is 5.45. The molecule has 1 aliphatic carbocycles. The van der Waals surface area contributed by atoms with Crippen LogP contribution in [0.15, 0.2) is 17.4 Å². The Morgan fingerprint density at radius 2 is 2.20 bits per heavy atom. The van der Waals surface area contributed by atoms with Gasteiger partial charge in [-0.05, 0) is 19.3 Å². The zero-order valence-corrected chi connectivity index (χ0v) is 9.16. The molecule has 0 amide bonds. The van der Waals surface area contributed by atoms with E-state index in [9.17, 15) is 9.90 Å². The second-order valence-electron chi connectivity index (χ2n) is 3.81. The summed E-state index contributed by atoms with van der Waals surface area (Å²) in [5, 5.41) is 9.79. The van der Waals surface area contributed by atoms with Crippen molar-refractivity contribution in [2.75, 3.05) is 7.11 Å². The number of aliphatic hydroxyl groups is 1. The summed E-state index contributed by atoms with van der Waals surface area (Å²) in [6.45, 7) is 0. The average molecular weight is 210 g/mol. The second kappa shape index (κ2) is 6.44. The number of carbonyl (C=O) groups is 1. The van der Waals surface area contributed by atoms with Crippen molar-refractivity contribution in [3.63, 3.8) is 0 Å². The third kappa shape index (κ3) is 4.32. The molecule has 84 valence electrons. The average Bonchev–Trinajstić information content (AvgIpc) is 2.22. The standard InChI is InChI=1S/C12H18O3/c1-15-12(14)9-8-10-6-4-2-3-5-7-11(10)13/h9,11,13H,2-7H2,1H3. The van der Waals surface area contributed by atoms with Crippen LogP contribution in [0.25, 0.3) is 0 Å². The molecule has 3 heteroatoms. The van der Waals surface area contributed by atoms with Crippen LogP contribution in [0.1, 0.15) is 38.5 Å². The SMILES string of the molecule is COC(=O)C=C=C1CCCCCCC1O. The van der Waals surface area contributed by atoms with Crippen molar-refractivity contribution in [3.8, 4) is 0 Å². The van der Waals surface area contributed by atoms with Crippen LogP contribution in [0.4, 0.5) is 0 Å². The molecule has 1 rings (SSSR count). The molecule has 1 N–H and O–H groups in total. The van der Waals surface area contributed by atoms with Crippen LogP contribution in [-0.4, -0.2) is 24.3 Å². The lowest BCUT2D eigenvalue weighted by molar-refractivity contribution is -0.134. The van der Waals surface area contributed by atoms with Gasteiger partial charge in [0, 0.05) is 5.57 Å². The van der Waals surface area contributed by atoms with Gasteiger partial charge in [0.2, 0.25) is 0 Å². The van der Waals surface area contributed by atoms with Gasteiger partial charge in [0.1, 0.15) is 0 Å². The molecular weight excluding hydrogens is 192 g/mol. The van der Waals surface area contributed by atoms with E-state index in [1.807, 2.05) is 0 Å². The van der Waals surface area contributed by atoms with Crippen molar-refractivity contribution in [3.05, 3.63) is 17.4 Å². The van der Waals surface area contributed by atoms with Crippen LogP contribution in [0.3, 0.4) is 0 Å². The Morgan fingerprint density at radius 3 is 2.93 bits per heavy atom. The molecule has 0 aliphatic heterocycles. The Kier molecular flexibility index (Phi) is 5.16. The van der Waals surface area contributed by atoms with E-state index in [2.05, 4.69) is 10.5 Å². The monoisotopic (exact) mass is 210 g/mol. The van der Waals surface area contributed by atoms with E-state index in [-0.39, 0.29) is 0 Å². The summed E-state index contributed by atoms with van der Waals surface area (Å²) < 4.78 is 4.48. The Bertz CT molecular complexity index is 275. The van der Waals surface area contributed by atoms with Gasteiger partial charge in [-0.1, -0.05) is 19.3 Å². The highest BCUT2D eigenvalue weighted by Gasteiger charge is 2.12. The molecule has 3 nitrogen and oxygen atoms in total. The van der Waals surface area contributed by atoms with Crippen molar-refractivity contribution in [2.45, 2.75) is 44.6 Å². The Morgan fingerprint density at radius 1 is 1.47 bits per heavy atom. The number of rotatable bonds is 1. The van der Waals surface area contributed by atoms with Crippen LogP contribution in [0.2, 0.25) is 0 Å². The first-order chi connectivity index (χ1) is 7.24. The second-order valence-corrected chi connectivity index (χ2v) is 3.81. The van der Waals surface area contributed by atoms with E-state index in [1.54, 1.807) is 0 Å². The summed E-state index contributed by atoms with van der Waals surface area (Å²) >= 11 is 0. The molecule has 0 aromatic heterocycles. The minimum atomic E-state index is -0.439. The predicted molar refractivity (Wildman–Crippen MR) is 57.3 cm³/mol. The fourth-order valence-electron chi connectivity index (χ4n) is 1.73. The molecule has 0 aromatic rings. The van der Waals surface area contributed by atoms with E-state index in [1.165, 1.54) is 26.0 Å². The lowest BCUT2D eigenvalue weighted by Gasteiger charge is -2.16. The number of ether oxygens (including phenoxy) is 1. The lowest BCUT2D eigenvalue weighted by atomic mass is 9.94. The Hall–Kier alpha value is -1.05. The van der Waals surface area contributed by atoms with Crippen LogP contribution in [0.5, 0.6) is 0 Å². The minimum Gasteiger partial charge on any atom is -0.465 e. The molecule has 0 bridgehead atoms. The van der Waals surface area contributed by atoms with Crippen LogP contribution >= 0.6 is 0 Å². The first-order valence-corrected chi connectivity index (χ1v) is 5.45. The van der Waals surface area contributed by atoms with E-state index in [0.29, 0.717) is 0 Å². The smallest absolute Gasteiger partial charge is 0.338 e. The highest BCUT2D eigenvalue weighted by molar-refractivity contribution is 5.81. The topological polar surface area (TPSA) is 46.5 Å². The van der Waals surface area contributed by atoms with Crippen molar-refractivity contribution >= 4 is 5.97 Å². The van der Waals surface area contributed by atoms with Gasteiger partial charge in [-0.3, -0.25) is 0 Å². The molecule has 1 atom stereocenters. The quantitative estimate of drug-likeness (QED) is 0.409. The van der Waals surface area contributed by atoms with Gasteiger partial charge in [-0.2, -0.15) is 0 Å². The highest BCUT2D eigenvalue weighted by atomic mass is 16.5. The van der Waals surface area contributed by atoms with E-state index >= 15 is 0 Å². The summed E-state index contributed by atoms with van der Waals surface area (Å²) in [7, 11) is 1.33. The van der Waals surface area contributed by atoms with Gasteiger partial charge in [-0.25, -0.2) is 4.79 Å². The fraction of sp³-hybridized carbons (Fsp3) is 0.667. The van der Waals surface area contributed by atoms with Gasteiger partial charge < -0.3 is 9.84 Å². The molecule has 0 heterocycles. The molecule has 1 unspecified atom stereocenters. The summed E-state index contributed by atoms with van der Waals surface area (Å²) in [6.07, 6.45) is 6.91. The summed E-state index contributed by atoms with van der Waals surface area (Å²) in [5.74, 6) is -0.420. The minimum absolute atomic E-state index is 0.420. The number of carbonyl (C=O) groups excluding carboxylic acids is 1. The largest absolute Gasteiger partial charge is 0.465 e. The molecule has 0 spiro atoms. The lowest BCUT2D eigenvalue weighted by Crippen LogP contribution is -2.11. The molecule has 1 fully saturated rings. The molecule has 15 heavy (non-hydrogen) atoms. The molecular formula is C12H18O3. The number of hydrogen-bond acceptors (Lipinski definition) is 3. The zero-order valence-electron chi connectivity index (χ0n) is 9.16. The van der Waals surface area contributed by atoms with E-state index in [0.717, 1.165) is 31.3 Å². The van der Waals surface area contributed by atoms with Crippen molar-refractivity contribution in [1.29, 1.82) is 0 Å². The first kappa shape index (κ1) is 12.0. The van der Waals surface area contributed by atoms with Crippen molar-refractivity contribution < 1.29 is 14.6 Å². The molecule has 1 aliphatic rings. The Balaban J connectivity index is 2.69. The third-order valence-electron chi connectivity index (χ3n) is 2.65.